The van der Waals surface area contributed by atoms with Gasteiger partial charge in [0.2, 0.25) is 5.91 Å². The van der Waals surface area contributed by atoms with Gasteiger partial charge >= 0.3 is 0 Å². The number of hydrogen-bond donors (Lipinski definition) is 1. The Hall–Kier alpha value is -0.970. The average Bonchev–Trinajstić information content (AvgIpc) is 2.38. The van der Waals surface area contributed by atoms with Crippen molar-refractivity contribution < 1.29 is 13.6 Å². The van der Waals surface area contributed by atoms with Gasteiger partial charge in [-0.2, -0.15) is 0 Å². The fraction of sp³-hybridized carbons (Fsp3) is 0.500. The van der Waals surface area contributed by atoms with Gasteiger partial charge in [0, 0.05) is 11.9 Å². The van der Waals surface area contributed by atoms with E-state index in [9.17, 15) is 13.6 Å². The lowest BCUT2D eigenvalue weighted by Gasteiger charge is -2.08. The second kappa shape index (κ2) is 8.25. The van der Waals surface area contributed by atoms with Crippen LogP contribution in [0.1, 0.15) is 25.3 Å². The Morgan fingerprint density at radius 3 is 2.74 bits per heavy atom. The molecule has 5 heteroatoms. The van der Waals surface area contributed by atoms with E-state index in [1.165, 1.54) is 6.07 Å². The minimum Gasteiger partial charge on any atom is -0.356 e. The Morgan fingerprint density at radius 1 is 1.37 bits per heavy atom. The van der Waals surface area contributed by atoms with E-state index in [0.29, 0.717) is 18.0 Å². The fourth-order valence-corrected chi connectivity index (χ4v) is 1.98. The van der Waals surface area contributed by atoms with Gasteiger partial charge in [-0.3, -0.25) is 4.79 Å². The Morgan fingerprint density at radius 2 is 2.11 bits per heavy atom. The molecule has 0 saturated carbocycles. The largest absolute Gasteiger partial charge is 0.356 e. The van der Waals surface area contributed by atoms with Crippen LogP contribution in [-0.2, 0) is 11.2 Å². The van der Waals surface area contributed by atoms with Crippen molar-refractivity contribution >= 4 is 21.8 Å². The van der Waals surface area contributed by atoms with Gasteiger partial charge < -0.3 is 5.32 Å². The zero-order chi connectivity index (χ0) is 14.3. The first-order valence-electron chi connectivity index (χ1n) is 6.29. The summed E-state index contributed by atoms with van der Waals surface area (Å²) < 4.78 is 25.7. The molecule has 1 rings (SSSR count). The molecule has 0 aliphatic carbocycles. The van der Waals surface area contributed by atoms with Gasteiger partial charge in [-0.05, 0) is 36.5 Å². The molecule has 0 radical (unpaired) electrons. The zero-order valence-electron chi connectivity index (χ0n) is 10.9. The highest BCUT2D eigenvalue weighted by atomic mass is 79.9. The fourth-order valence-electron chi connectivity index (χ4n) is 1.65. The van der Waals surface area contributed by atoms with Crippen LogP contribution in [0.25, 0.3) is 0 Å². The van der Waals surface area contributed by atoms with Crippen molar-refractivity contribution in [3.8, 4) is 0 Å². The van der Waals surface area contributed by atoms with Crippen molar-refractivity contribution in [1.82, 2.24) is 5.32 Å². The second-order valence-electron chi connectivity index (χ2n) is 4.68. The minimum absolute atomic E-state index is 0.0746. The number of carbonyl (C=O) groups is 1. The molecule has 0 fully saturated rings. The van der Waals surface area contributed by atoms with Gasteiger partial charge in [0.25, 0.3) is 0 Å². The van der Waals surface area contributed by atoms with Crippen LogP contribution in [0.2, 0.25) is 0 Å². The van der Waals surface area contributed by atoms with Crippen LogP contribution in [-0.4, -0.2) is 17.8 Å². The number of benzene rings is 1. The predicted molar refractivity (Wildman–Crippen MR) is 75.3 cm³/mol. The van der Waals surface area contributed by atoms with Crippen molar-refractivity contribution in [1.29, 1.82) is 0 Å². The van der Waals surface area contributed by atoms with Gasteiger partial charge in [0.1, 0.15) is 0 Å². The molecular formula is C14H18BrF2NO. The van der Waals surface area contributed by atoms with Crippen LogP contribution in [0.15, 0.2) is 18.2 Å². The first-order chi connectivity index (χ1) is 9.02. The highest BCUT2D eigenvalue weighted by Crippen LogP contribution is 2.09. The Bertz CT molecular complexity index is 426. The summed E-state index contributed by atoms with van der Waals surface area (Å²) in [6, 6.07) is 3.52. The van der Waals surface area contributed by atoms with Crippen molar-refractivity contribution in [3.63, 3.8) is 0 Å². The van der Waals surface area contributed by atoms with E-state index in [-0.39, 0.29) is 12.3 Å². The van der Waals surface area contributed by atoms with E-state index in [1.807, 2.05) is 0 Å². The number of rotatable bonds is 7. The van der Waals surface area contributed by atoms with E-state index in [1.54, 1.807) is 0 Å². The Balaban J connectivity index is 2.29. The number of amides is 1. The van der Waals surface area contributed by atoms with Crippen molar-refractivity contribution in [2.75, 3.05) is 11.9 Å². The molecule has 0 heterocycles. The van der Waals surface area contributed by atoms with Crippen LogP contribution < -0.4 is 5.32 Å². The summed E-state index contributed by atoms with van der Waals surface area (Å²) >= 11 is 3.40. The first kappa shape index (κ1) is 16.1. The molecule has 19 heavy (non-hydrogen) atoms. The van der Waals surface area contributed by atoms with Crippen molar-refractivity contribution in [3.05, 3.63) is 35.4 Å². The van der Waals surface area contributed by atoms with Crippen molar-refractivity contribution in [2.45, 2.75) is 26.2 Å². The number of halogens is 3. The second-order valence-corrected chi connectivity index (χ2v) is 5.32. The molecule has 0 aliphatic heterocycles. The molecule has 1 unspecified atom stereocenters. The number of nitrogens with one attached hydrogen (secondary N) is 1. The molecule has 0 aromatic heterocycles. The van der Waals surface area contributed by atoms with Gasteiger partial charge in [-0.1, -0.05) is 28.9 Å². The normalized spacial score (nSPS) is 12.2. The van der Waals surface area contributed by atoms with Gasteiger partial charge in [-0.25, -0.2) is 8.78 Å². The van der Waals surface area contributed by atoms with Gasteiger partial charge in [-0.15, -0.1) is 0 Å². The molecule has 1 aromatic carbocycles. The summed E-state index contributed by atoms with van der Waals surface area (Å²) in [6.45, 7) is 2.75. The zero-order valence-corrected chi connectivity index (χ0v) is 12.5. The standard InChI is InChI=1S/C14H18BrF2NO/c1-10(9-15)3-2-6-18-14(19)8-11-4-5-12(16)13(17)7-11/h4-5,7,10H,2-3,6,8-9H2,1H3,(H,18,19). The molecule has 2 nitrogen and oxygen atoms in total. The minimum atomic E-state index is -0.920. The average molecular weight is 334 g/mol. The Kier molecular flexibility index (Phi) is 6.99. The topological polar surface area (TPSA) is 29.1 Å². The van der Waals surface area contributed by atoms with E-state index in [4.69, 9.17) is 0 Å². The molecule has 0 aliphatic rings. The van der Waals surface area contributed by atoms with Crippen LogP contribution in [0.4, 0.5) is 8.78 Å². The quantitative estimate of drug-likeness (QED) is 0.601. The van der Waals surface area contributed by atoms with Crippen molar-refractivity contribution in [2.24, 2.45) is 5.92 Å². The summed E-state index contributed by atoms with van der Waals surface area (Å²) in [5.41, 5.74) is 0.477. The Labute approximate surface area is 120 Å². The smallest absolute Gasteiger partial charge is 0.224 e. The number of hydrogen-bond acceptors (Lipinski definition) is 1. The summed E-state index contributed by atoms with van der Waals surface area (Å²) in [6.07, 6.45) is 2.03. The molecule has 1 N–H and O–H groups in total. The summed E-state index contributed by atoms with van der Waals surface area (Å²) in [5, 5.41) is 3.73. The van der Waals surface area contributed by atoms with E-state index in [0.717, 1.165) is 30.3 Å². The first-order valence-corrected chi connectivity index (χ1v) is 7.41. The summed E-state index contributed by atoms with van der Waals surface area (Å²) in [5.74, 6) is -1.40. The highest BCUT2D eigenvalue weighted by molar-refractivity contribution is 9.09. The third-order valence-electron chi connectivity index (χ3n) is 2.81. The molecular weight excluding hydrogens is 316 g/mol. The third kappa shape index (κ3) is 6.14. The summed E-state index contributed by atoms with van der Waals surface area (Å²) in [7, 11) is 0. The SMILES string of the molecule is CC(CBr)CCCNC(=O)Cc1ccc(F)c(F)c1. The molecule has 0 saturated heterocycles. The third-order valence-corrected chi connectivity index (χ3v) is 3.91. The van der Waals surface area contributed by atoms with Gasteiger partial charge in [0.05, 0.1) is 6.42 Å². The lowest BCUT2D eigenvalue weighted by atomic mass is 10.1. The van der Waals surface area contributed by atoms with Crippen LogP contribution >= 0.6 is 15.9 Å². The van der Waals surface area contributed by atoms with E-state index in [2.05, 4.69) is 28.2 Å². The molecule has 1 aromatic rings. The van der Waals surface area contributed by atoms with Crippen LogP contribution in [0.3, 0.4) is 0 Å². The molecule has 0 spiro atoms. The molecule has 1 atom stereocenters. The lowest BCUT2D eigenvalue weighted by Crippen LogP contribution is -2.26. The molecule has 106 valence electrons. The van der Waals surface area contributed by atoms with Gasteiger partial charge in [0.15, 0.2) is 11.6 Å². The summed E-state index contributed by atoms with van der Waals surface area (Å²) in [4.78, 5) is 11.6. The van der Waals surface area contributed by atoms with Crippen LogP contribution in [0.5, 0.6) is 0 Å². The molecule has 0 bridgehead atoms. The van der Waals surface area contributed by atoms with E-state index < -0.39 is 11.6 Å². The maximum atomic E-state index is 13.0. The maximum absolute atomic E-state index is 13.0. The van der Waals surface area contributed by atoms with Crippen LogP contribution in [0, 0.1) is 17.6 Å². The molecule has 1 amide bonds. The van der Waals surface area contributed by atoms with E-state index >= 15 is 0 Å². The maximum Gasteiger partial charge on any atom is 0.224 e. The number of carbonyl (C=O) groups excluding carboxylic acids is 1. The highest BCUT2D eigenvalue weighted by Gasteiger charge is 2.07. The predicted octanol–water partition coefficient (Wildman–Crippen LogP) is 3.43. The number of alkyl halides is 1. The monoisotopic (exact) mass is 333 g/mol. The lowest BCUT2D eigenvalue weighted by molar-refractivity contribution is -0.120.